The quantitative estimate of drug-likeness (QED) is 0.861. The summed E-state index contributed by atoms with van der Waals surface area (Å²) in [4.78, 5) is -0.0283. The Bertz CT molecular complexity index is 795. The molecule has 2 aromatic carbocycles. The van der Waals surface area contributed by atoms with Crippen LogP contribution in [-0.4, -0.2) is 8.42 Å². The van der Waals surface area contributed by atoms with Crippen LogP contribution in [0.3, 0.4) is 0 Å². The van der Waals surface area contributed by atoms with Crippen molar-refractivity contribution in [1.82, 2.24) is 0 Å². The summed E-state index contributed by atoms with van der Waals surface area (Å²) >= 11 is 11.7. The minimum atomic E-state index is -3.67. The van der Waals surface area contributed by atoms with Crippen molar-refractivity contribution in [3.05, 3.63) is 63.6 Å². The molecular weight excluding hydrogens is 317 g/mol. The number of sulfone groups is 1. The first-order valence-corrected chi connectivity index (χ1v) is 8.00. The van der Waals surface area contributed by atoms with Crippen molar-refractivity contribution in [1.29, 1.82) is 5.26 Å². The topological polar surface area (TPSA) is 57.9 Å². The molecular formula is C14H9Cl2NO2S. The van der Waals surface area contributed by atoms with Crippen molar-refractivity contribution in [2.24, 2.45) is 0 Å². The molecule has 0 heterocycles. The molecule has 0 amide bonds. The van der Waals surface area contributed by atoms with Crippen LogP contribution in [0.1, 0.15) is 11.1 Å². The maximum atomic E-state index is 12.4. The molecule has 6 heteroatoms. The van der Waals surface area contributed by atoms with E-state index in [4.69, 9.17) is 28.5 Å². The number of nitriles is 1. The zero-order chi connectivity index (χ0) is 14.8. The van der Waals surface area contributed by atoms with E-state index in [2.05, 4.69) is 0 Å². The van der Waals surface area contributed by atoms with Gasteiger partial charge in [0.1, 0.15) is 0 Å². The molecule has 2 aromatic rings. The minimum Gasteiger partial charge on any atom is -0.223 e. The Morgan fingerprint density at radius 1 is 1.10 bits per heavy atom. The van der Waals surface area contributed by atoms with Crippen molar-refractivity contribution in [3.8, 4) is 6.07 Å². The number of rotatable bonds is 3. The highest BCUT2D eigenvalue weighted by Crippen LogP contribution is 2.28. The molecule has 20 heavy (non-hydrogen) atoms. The van der Waals surface area contributed by atoms with Gasteiger partial charge in [0.05, 0.1) is 27.3 Å². The summed E-state index contributed by atoms with van der Waals surface area (Å²) in [5.41, 5.74) is 0.764. The standard InChI is InChI=1S/C14H9Cl2NO2S/c15-12-5-6-13(16)14(7-12)20(18,19)9-11-4-2-1-3-10(11)8-17/h1-7H,9H2. The Hall–Kier alpha value is -1.54. The number of benzene rings is 2. The molecule has 0 atom stereocenters. The Balaban J connectivity index is 2.47. The summed E-state index contributed by atoms with van der Waals surface area (Å²) < 4.78 is 24.8. The summed E-state index contributed by atoms with van der Waals surface area (Å²) in [5.74, 6) is -0.295. The highest BCUT2D eigenvalue weighted by molar-refractivity contribution is 7.90. The van der Waals surface area contributed by atoms with Crippen molar-refractivity contribution < 1.29 is 8.42 Å². The van der Waals surface area contributed by atoms with Crippen molar-refractivity contribution >= 4 is 33.0 Å². The third-order valence-electron chi connectivity index (χ3n) is 2.71. The van der Waals surface area contributed by atoms with Crippen LogP contribution < -0.4 is 0 Å². The van der Waals surface area contributed by atoms with E-state index in [9.17, 15) is 8.42 Å². The van der Waals surface area contributed by atoms with E-state index in [1.165, 1.54) is 18.2 Å². The van der Waals surface area contributed by atoms with Gasteiger partial charge in [-0.3, -0.25) is 0 Å². The maximum absolute atomic E-state index is 12.4. The van der Waals surface area contributed by atoms with Gasteiger partial charge in [0.2, 0.25) is 0 Å². The average molecular weight is 326 g/mol. The lowest BCUT2D eigenvalue weighted by Crippen LogP contribution is -2.07. The van der Waals surface area contributed by atoms with E-state index in [0.29, 0.717) is 16.1 Å². The van der Waals surface area contributed by atoms with Crippen LogP contribution in [0, 0.1) is 11.3 Å². The molecule has 0 unspecified atom stereocenters. The Labute approximate surface area is 127 Å². The van der Waals surface area contributed by atoms with Crippen LogP contribution in [0.5, 0.6) is 0 Å². The second-order valence-electron chi connectivity index (χ2n) is 4.10. The fraction of sp³-hybridized carbons (Fsp3) is 0.0714. The fourth-order valence-electron chi connectivity index (χ4n) is 1.75. The lowest BCUT2D eigenvalue weighted by molar-refractivity contribution is 0.595. The van der Waals surface area contributed by atoms with Gasteiger partial charge in [0, 0.05) is 5.02 Å². The van der Waals surface area contributed by atoms with Crippen LogP contribution in [0.25, 0.3) is 0 Å². The van der Waals surface area contributed by atoms with Crippen LogP contribution in [-0.2, 0) is 15.6 Å². The first-order chi connectivity index (χ1) is 9.44. The average Bonchev–Trinajstić information content (AvgIpc) is 2.41. The molecule has 0 fully saturated rings. The van der Waals surface area contributed by atoms with Gasteiger partial charge < -0.3 is 0 Å². The van der Waals surface area contributed by atoms with E-state index < -0.39 is 9.84 Å². The van der Waals surface area contributed by atoms with E-state index in [-0.39, 0.29) is 15.7 Å². The second-order valence-corrected chi connectivity index (χ2v) is 6.90. The Morgan fingerprint density at radius 2 is 1.80 bits per heavy atom. The van der Waals surface area contributed by atoms with E-state index in [1.807, 2.05) is 6.07 Å². The zero-order valence-corrected chi connectivity index (χ0v) is 12.5. The number of nitrogens with zero attached hydrogens (tertiary/aromatic N) is 1. The number of hydrogen-bond donors (Lipinski definition) is 0. The molecule has 0 bridgehead atoms. The van der Waals surface area contributed by atoms with Gasteiger partial charge >= 0.3 is 0 Å². The highest BCUT2D eigenvalue weighted by atomic mass is 35.5. The third-order valence-corrected chi connectivity index (χ3v) is 5.09. The number of hydrogen-bond acceptors (Lipinski definition) is 3. The van der Waals surface area contributed by atoms with Gasteiger partial charge in [-0.05, 0) is 29.8 Å². The van der Waals surface area contributed by atoms with Gasteiger partial charge in [-0.15, -0.1) is 0 Å². The van der Waals surface area contributed by atoms with E-state index in [1.54, 1.807) is 24.3 Å². The normalized spacial score (nSPS) is 11.1. The molecule has 0 saturated carbocycles. The summed E-state index contributed by atoms with van der Waals surface area (Å²) in [5, 5.41) is 9.40. The van der Waals surface area contributed by atoms with Crippen molar-refractivity contribution in [2.75, 3.05) is 0 Å². The molecule has 0 saturated heterocycles. The highest BCUT2D eigenvalue weighted by Gasteiger charge is 2.20. The molecule has 0 aliphatic rings. The second kappa shape index (κ2) is 5.84. The molecule has 0 aliphatic carbocycles. The predicted octanol–water partition coefficient (Wildman–Crippen LogP) is 3.84. The van der Waals surface area contributed by atoms with Crippen LogP contribution >= 0.6 is 23.2 Å². The first-order valence-electron chi connectivity index (χ1n) is 5.60. The number of halogens is 2. The van der Waals surface area contributed by atoms with Gasteiger partial charge in [-0.2, -0.15) is 5.26 Å². The van der Waals surface area contributed by atoms with Crippen molar-refractivity contribution in [2.45, 2.75) is 10.6 Å². The van der Waals surface area contributed by atoms with Crippen molar-refractivity contribution in [3.63, 3.8) is 0 Å². The molecule has 0 aliphatic heterocycles. The van der Waals surface area contributed by atoms with Gasteiger partial charge in [0.15, 0.2) is 9.84 Å². The molecule has 2 rings (SSSR count). The molecule has 102 valence electrons. The van der Waals surface area contributed by atoms with Crippen LogP contribution in [0.15, 0.2) is 47.4 Å². The largest absolute Gasteiger partial charge is 0.223 e. The summed E-state index contributed by atoms with van der Waals surface area (Å²) in [6.45, 7) is 0. The van der Waals surface area contributed by atoms with E-state index >= 15 is 0 Å². The van der Waals surface area contributed by atoms with E-state index in [0.717, 1.165) is 0 Å². The summed E-state index contributed by atoms with van der Waals surface area (Å²) in [7, 11) is -3.67. The van der Waals surface area contributed by atoms with Crippen LogP contribution in [0.2, 0.25) is 10.0 Å². The smallest absolute Gasteiger partial charge is 0.184 e. The van der Waals surface area contributed by atoms with Gasteiger partial charge in [-0.25, -0.2) is 8.42 Å². The Morgan fingerprint density at radius 3 is 2.50 bits per heavy atom. The molecule has 0 aromatic heterocycles. The molecule has 0 N–H and O–H groups in total. The summed E-state index contributed by atoms with van der Waals surface area (Å²) in [6.07, 6.45) is 0. The zero-order valence-electron chi connectivity index (χ0n) is 10.2. The van der Waals surface area contributed by atoms with Gasteiger partial charge in [0.25, 0.3) is 0 Å². The van der Waals surface area contributed by atoms with Gasteiger partial charge in [-0.1, -0.05) is 41.4 Å². The maximum Gasteiger partial charge on any atom is 0.184 e. The SMILES string of the molecule is N#Cc1ccccc1CS(=O)(=O)c1cc(Cl)ccc1Cl. The molecule has 0 radical (unpaired) electrons. The Kier molecular flexibility index (Phi) is 4.34. The lowest BCUT2D eigenvalue weighted by Gasteiger charge is -2.08. The monoisotopic (exact) mass is 325 g/mol. The first kappa shape index (κ1) is 14.9. The summed E-state index contributed by atoms with van der Waals surface area (Å²) in [6, 6.07) is 12.8. The lowest BCUT2D eigenvalue weighted by atomic mass is 10.1. The van der Waals surface area contributed by atoms with Crippen LogP contribution in [0.4, 0.5) is 0 Å². The fourth-order valence-corrected chi connectivity index (χ4v) is 3.95. The molecule has 3 nitrogen and oxygen atoms in total. The predicted molar refractivity (Wildman–Crippen MR) is 78.5 cm³/mol. The third kappa shape index (κ3) is 3.13. The minimum absolute atomic E-state index is 0.0283. The molecule has 0 spiro atoms.